The van der Waals surface area contributed by atoms with E-state index in [0.717, 1.165) is 67.9 Å². The first kappa shape index (κ1) is 19.1. The fourth-order valence-electron chi connectivity index (χ4n) is 3.50. The van der Waals surface area contributed by atoms with Gasteiger partial charge in [0.1, 0.15) is 5.75 Å². The highest BCUT2D eigenvalue weighted by Gasteiger charge is 2.26. The zero-order valence-corrected chi connectivity index (χ0v) is 16.4. The number of nitrogens with zero attached hydrogens (tertiary/aromatic N) is 2. The van der Waals surface area contributed by atoms with Crippen molar-refractivity contribution in [1.29, 1.82) is 0 Å². The van der Waals surface area contributed by atoms with Crippen LogP contribution in [0, 0.1) is 0 Å². The number of methoxy groups -OCH3 is 1. The predicted octanol–water partition coefficient (Wildman–Crippen LogP) is 2.66. The number of hydrogen-bond donors (Lipinski definition) is 2. The summed E-state index contributed by atoms with van der Waals surface area (Å²) >= 11 is 6.18. The number of guanidine groups is 1. The zero-order valence-electron chi connectivity index (χ0n) is 15.6. The summed E-state index contributed by atoms with van der Waals surface area (Å²) in [6.07, 6.45) is 3.55. The van der Waals surface area contributed by atoms with Crippen molar-refractivity contribution < 1.29 is 9.47 Å². The van der Waals surface area contributed by atoms with Crippen LogP contribution in [-0.2, 0) is 4.74 Å². The van der Waals surface area contributed by atoms with E-state index in [1.54, 1.807) is 7.11 Å². The molecule has 2 saturated heterocycles. The lowest BCUT2D eigenvalue weighted by Gasteiger charge is -2.22. The number of anilines is 1. The maximum Gasteiger partial charge on any atom is 0.191 e. The van der Waals surface area contributed by atoms with Gasteiger partial charge in [0.2, 0.25) is 0 Å². The Hall–Kier alpha value is -1.66. The molecule has 26 heavy (non-hydrogen) atoms. The van der Waals surface area contributed by atoms with Gasteiger partial charge in [0.25, 0.3) is 0 Å². The summed E-state index contributed by atoms with van der Waals surface area (Å²) in [5, 5.41) is 7.62. The zero-order chi connectivity index (χ0) is 18.4. The maximum atomic E-state index is 6.18. The van der Waals surface area contributed by atoms with Gasteiger partial charge in [-0.3, -0.25) is 4.99 Å². The molecule has 2 N–H and O–H groups in total. The molecule has 0 radical (unpaired) electrons. The first-order valence-corrected chi connectivity index (χ1v) is 9.82. The molecular formula is C19H29ClN4O2. The van der Waals surface area contributed by atoms with E-state index in [0.29, 0.717) is 12.6 Å². The molecule has 0 spiro atoms. The average Bonchev–Trinajstić information content (AvgIpc) is 3.32. The van der Waals surface area contributed by atoms with E-state index in [2.05, 4.69) is 22.5 Å². The lowest BCUT2D eigenvalue weighted by Crippen LogP contribution is -2.45. The lowest BCUT2D eigenvalue weighted by molar-refractivity contribution is 0.117. The number of hydrogen-bond acceptors (Lipinski definition) is 4. The summed E-state index contributed by atoms with van der Waals surface area (Å²) in [4.78, 5) is 7.02. The van der Waals surface area contributed by atoms with Gasteiger partial charge in [-0.15, -0.1) is 0 Å². The predicted molar refractivity (Wildman–Crippen MR) is 107 cm³/mol. The first-order chi connectivity index (χ1) is 12.7. The third-order valence-electron chi connectivity index (χ3n) is 4.83. The van der Waals surface area contributed by atoms with Crippen LogP contribution in [0.1, 0.15) is 26.2 Å². The van der Waals surface area contributed by atoms with Crippen molar-refractivity contribution in [3.63, 3.8) is 0 Å². The highest BCUT2D eigenvalue weighted by Crippen LogP contribution is 2.33. The minimum atomic E-state index is 0.265. The summed E-state index contributed by atoms with van der Waals surface area (Å²) in [6.45, 7) is 6.36. The van der Waals surface area contributed by atoms with E-state index in [-0.39, 0.29) is 6.10 Å². The summed E-state index contributed by atoms with van der Waals surface area (Å²) in [7, 11) is 1.69. The number of rotatable bonds is 6. The average molecular weight is 381 g/mol. The first-order valence-electron chi connectivity index (χ1n) is 9.44. The molecule has 7 heteroatoms. The minimum absolute atomic E-state index is 0.265. The van der Waals surface area contributed by atoms with Crippen molar-refractivity contribution in [3.8, 4) is 5.75 Å². The summed E-state index contributed by atoms with van der Waals surface area (Å²) in [5.41, 5.74) is 1.05. The van der Waals surface area contributed by atoms with Crippen LogP contribution in [0.15, 0.2) is 23.2 Å². The van der Waals surface area contributed by atoms with Crippen molar-refractivity contribution in [1.82, 2.24) is 10.6 Å². The number of halogens is 1. The van der Waals surface area contributed by atoms with Crippen LogP contribution >= 0.6 is 11.6 Å². The monoisotopic (exact) mass is 380 g/mol. The van der Waals surface area contributed by atoms with E-state index in [1.807, 2.05) is 18.2 Å². The quantitative estimate of drug-likeness (QED) is 0.587. The standard InChI is InChI=1S/C19H29ClN4O2/c1-3-21-19(22-12-16-5-4-10-26-16)23-15-8-9-24(13-15)17-11-14(20)6-7-18(17)25-2/h6-7,11,15-16H,3-5,8-10,12-13H2,1-2H3,(H2,21,22,23). The Morgan fingerprint density at radius 2 is 2.31 bits per heavy atom. The molecule has 2 aliphatic rings. The van der Waals surface area contributed by atoms with Gasteiger partial charge < -0.3 is 25.0 Å². The smallest absolute Gasteiger partial charge is 0.191 e. The van der Waals surface area contributed by atoms with Crippen molar-refractivity contribution in [2.75, 3.05) is 44.8 Å². The molecule has 2 atom stereocenters. The Balaban J connectivity index is 1.60. The Kier molecular flexibility index (Phi) is 6.86. The van der Waals surface area contributed by atoms with Crippen LogP contribution in [0.5, 0.6) is 5.75 Å². The van der Waals surface area contributed by atoms with E-state index in [1.165, 1.54) is 0 Å². The van der Waals surface area contributed by atoms with Crippen LogP contribution in [0.25, 0.3) is 0 Å². The van der Waals surface area contributed by atoms with Crippen molar-refractivity contribution in [3.05, 3.63) is 23.2 Å². The fourth-order valence-corrected chi connectivity index (χ4v) is 3.67. The molecule has 1 aromatic rings. The fraction of sp³-hybridized carbons (Fsp3) is 0.632. The van der Waals surface area contributed by atoms with Gasteiger partial charge in [-0.05, 0) is 44.4 Å². The van der Waals surface area contributed by atoms with Crippen LogP contribution < -0.4 is 20.3 Å². The van der Waals surface area contributed by atoms with Crippen molar-refractivity contribution >= 4 is 23.2 Å². The van der Waals surface area contributed by atoms with Crippen molar-refractivity contribution in [2.45, 2.75) is 38.3 Å². The lowest BCUT2D eigenvalue weighted by atomic mass is 10.2. The molecule has 2 unspecified atom stereocenters. The third-order valence-corrected chi connectivity index (χ3v) is 5.07. The van der Waals surface area contributed by atoms with Crippen molar-refractivity contribution in [2.24, 2.45) is 4.99 Å². The molecule has 6 nitrogen and oxygen atoms in total. The Morgan fingerprint density at radius 1 is 1.42 bits per heavy atom. The highest BCUT2D eigenvalue weighted by atomic mass is 35.5. The topological polar surface area (TPSA) is 58.1 Å². The molecule has 3 rings (SSSR count). The Bertz CT molecular complexity index is 620. The van der Waals surface area contributed by atoms with E-state index in [4.69, 9.17) is 26.1 Å². The molecule has 1 aromatic carbocycles. The highest BCUT2D eigenvalue weighted by molar-refractivity contribution is 6.30. The van der Waals surface area contributed by atoms with E-state index in [9.17, 15) is 0 Å². The summed E-state index contributed by atoms with van der Waals surface area (Å²) in [5.74, 6) is 1.72. The molecule has 0 aromatic heterocycles. The van der Waals surface area contributed by atoms with Gasteiger partial charge in [-0.1, -0.05) is 11.6 Å². The molecule has 0 aliphatic carbocycles. The van der Waals surface area contributed by atoms with Gasteiger partial charge in [-0.2, -0.15) is 0 Å². The van der Waals surface area contributed by atoms with Gasteiger partial charge in [0, 0.05) is 37.3 Å². The number of nitrogens with one attached hydrogen (secondary N) is 2. The maximum absolute atomic E-state index is 6.18. The molecule has 2 aliphatic heterocycles. The van der Waals surface area contributed by atoms with Gasteiger partial charge >= 0.3 is 0 Å². The Labute approximate surface area is 160 Å². The molecule has 144 valence electrons. The van der Waals surface area contributed by atoms with Crippen LogP contribution in [0.4, 0.5) is 5.69 Å². The molecule has 2 fully saturated rings. The largest absolute Gasteiger partial charge is 0.495 e. The third kappa shape index (κ3) is 4.95. The summed E-state index contributed by atoms with van der Waals surface area (Å²) < 4.78 is 11.2. The van der Waals surface area contributed by atoms with Gasteiger partial charge in [0.05, 0.1) is 25.4 Å². The number of benzene rings is 1. The molecular weight excluding hydrogens is 352 g/mol. The normalized spacial score (nSPS) is 23.3. The van der Waals surface area contributed by atoms with Crippen LogP contribution in [0.2, 0.25) is 5.02 Å². The number of aliphatic imine (C=N–C) groups is 1. The SMILES string of the molecule is CCNC(=NCC1CCCO1)NC1CCN(c2cc(Cl)ccc2OC)C1. The number of ether oxygens (including phenoxy) is 2. The second kappa shape index (κ2) is 9.33. The molecule has 0 amide bonds. The van der Waals surface area contributed by atoms with E-state index < -0.39 is 0 Å². The molecule has 0 bridgehead atoms. The second-order valence-electron chi connectivity index (χ2n) is 6.75. The van der Waals surface area contributed by atoms with Gasteiger partial charge in [0.15, 0.2) is 5.96 Å². The van der Waals surface area contributed by atoms with Gasteiger partial charge in [-0.25, -0.2) is 0 Å². The Morgan fingerprint density at radius 3 is 3.04 bits per heavy atom. The molecule has 0 saturated carbocycles. The summed E-state index contributed by atoms with van der Waals surface area (Å²) in [6, 6.07) is 6.09. The molecule has 2 heterocycles. The van der Waals surface area contributed by atoms with Crippen LogP contribution in [0.3, 0.4) is 0 Å². The van der Waals surface area contributed by atoms with E-state index >= 15 is 0 Å². The van der Waals surface area contributed by atoms with Crippen LogP contribution in [-0.4, -0.2) is 58.0 Å². The minimum Gasteiger partial charge on any atom is -0.495 e. The second-order valence-corrected chi connectivity index (χ2v) is 7.18.